The van der Waals surface area contributed by atoms with Crippen molar-refractivity contribution < 1.29 is 9.90 Å². The summed E-state index contributed by atoms with van der Waals surface area (Å²) in [6, 6.07) is 13.2. The molecular formula is C21H22ClN3O2. The normalized spacial score (nSPS) is 16.6. The number of carboxylic acids is 1. The van der Waals surface area contributed by atoms with Gasteiger partial charge in [-0.15, -0.1) is 0 Å². The smallest absolute Gasteiger partial charge is 0.325 e. The van der Waals surface area contributed by atoms with Gasteiger partial charge < -0.3 is 15.0 Å². The van der Waals surface area contributed by atoms with E-state index in [0.717, 1.165) is 40.8 Å². The van der Waals surface area contributed by atoms with Gasteiger partial charge in [-0.1, -0.05) is 29.3 Å². The third-order valence-electron chi connectivity index (χ3n) is 5.25. The van der Waals surface area contributed by atoms with Crippen molar-refractivity contribution in [2.45, 2.75) is 13.0 Å². The molecule has 0 bridgehead atoms. The Morgan fingerprint density at radius 1 is 1.15 bits per heavy atom. The number of piperazine rings is 1. The second-order valence-corrected chi connectivity index (χ2v) is 7.47. The fraction of sp³-hybridized carbons (Fsp3) is 0.286. The number of hydrogen-bond acceptors (Lipinski definition) is 3. The number of aromatic amines is 1. The van der Waals surface area contributed by atoms with Gasteiger partial charge in [0.05, 0.1) is 0 Å². The molecule has 3 aromatic rings. The Bertz CT molecular complexity index is 976. The van der Waals surface area contributed by atoms with Gasteiger partial charge in [-0.2, -0.15) is 0 Å². The maximum absolute atomic E-state index is 12.1. The Labute approximate surface area is 163 Å². The summed E-state index contributed by atoms with van der Waals surface area (Å²) in [5.74, 6) is -0.811. The van der Waals surface area contributed by atoms with Crippen LogP contribution in [0.25, 0.3) is 10.9 Å². The first-order valence-electron chi connectivity index (χ1n) is 9.08. The molecule has 0 unspecified atom stereocenters. The molecule has 0 amide bonds. The minimum Gasteiger partial charge on any atom is -0.480 e. The second-order valence-electron chi connectivity index (χ2n) is 7.04. The number of aliphatic carboxylic acids is 1. The van der Waals surface area contributed by atoms with Crippen LogP contribution >= 0.6 is 11.6 Å². The summed E-state index contributed by atoms with van der Waals surface area (Å²) in [5.41, 5.74) is 4.01. The number of nitrogens with zero attached hydrogens (tertiary/aromatic N) is 2. The molecule has 1 atom stereocenters. The van der Waals surface area contributed by atoms with E-state index in [1.165, 1.54) is 0 Å². The SMILES string of the molecule is Cc1ccc2[nH]cc([C@H](C(=O)O)N3CCN(c4cccc(Cl)c4)CC3)c2c1. The number of fused-ring (bicyclic) bond motifs is 1. The van der Waals surface area contributed by atoms with Gasteiger partial charge in [0.25, 0.3) is 0 Å². The summed E-state index contributed by atoms with van der Waals surface area (Å²) in [6.07, 6.45) is 1.84. The molecule has 2 heterocycles. The Morgan fingerprint density at radius 3 is 2.63 bits per heavy atom. The van der Waals surface area contributed by atoms with E-state index in [0.29, 0.717) is 18.1 Å². The third-order valence-corrected chi connectivity index (χ3v) is 5.49. The largest absolute Gasteiger partial charge is 0.480 e. The molecule has 2 N–H and O–H groups in total. The van der Waals surface area contributed by atoms with Crippen LogP contribution in [0.15, 0.2) is 48.7 Å². The number of hydrogen-bond donors (Lipinski definition) is 2. The summed E-state index contributed by atoms with van der Waals surface area (Å²) in [6.45, 7) is 4.93. The topological polar surface area (TPSA) is 59.6 Å². The third kappa shape index (κ3) is 3.53. The maximum atomic E-state index is 12.1. The molecule has 4 rings (SSSR count). The zero-order valence-electron chi connectivity index (χ0n) is 15.2. The van der Waals surface area contributed by atoms with Crippen molar-refractivity contribution >= 4 is 34.2 Å². The molecule has 5 nitrogen and oxygen atoms in total. The Morgan fingerprint density at radius 2 is 1.93 bits per heavy atom. The van der Waals surface area contributed by atoms with Crippen molar-refractivity contribution in [1.29, 1.82) is 0 Å². The van der Waals surface area contributed by atoms with E-state index in [9.17, 15) is 9.90 Å². The summed E-state index contributed by atoms with van der Waals surface area (Å²) < 4.78 is 0. The Balaban J connectivity index is 1.57. The van der Waals surface area contributed by atoms with Gasteiger partial charge in [-0.3, -0.25) is 9.69 Å². The van der Waals surface area contributed by atoms with Crippen LogP contribution in [0.4, 0.5) is 5.69 Å². The van der Waals surface area contributed by atoms with Crippen LogP contribution in [0, 0.1) is 6.92 Å². The van der Waals surface area contributed by atoms with Crippen LogP contribution in [0.2, 0.25) is 5.02 Å². The lowest BCUT2D eigenvalue weighted by Gasteiger charge is -2.38. The van der Waals surface area contributed by atoms with Crippen LogP contribution in [0.3, 0.4) is 0 Å². The summed E-state index contributed by atoms with van der Waals surface area (Å²) in [5, 5.41) is 11.7. The van der Waals surface area contributed by atoms with E-state index in [4.69, 9.17) is 11.6 Å². The fourth-order valence-electron chi connectivity index (χ4n) is 3.88. The molecule has 1 saturated heterocycles. The monoisotopic (exact) mass is 383 g/mol. The van der Waals surface area contributed by atoms with Crippen molar-refractivity contribution in [3.8, 4) is 0 Å². The van der Waals surface area contributed by atoms with Crippen molar-refractivity contribution in [3.05, 3.63) is 64.8 Å². The maximum Gasteiger partial charge on any atom is 0.325 e. The number of nitrogens with one attached hydrogen (secondary N) is 1. The lowest BCUT2D eigenvalue weighted by atomic mass is 10.0. The summed E-state index contributed by atoms with van der Waals surface area (Å²) >= 11 is 6.10. The predicted octanol–water partition coefficient (Wildman–Crippen LogP) is 4.08. The van der Waals surface area contributed by atoms with Gasteiger partial charge in [0.2, 0.25) is 0 Å². The van der Waals surface area contributed by atoms with E-state index >= 15 is 0 Å². The molecular weight excluding hydrogens is 362 g/mol. The highest BCUT2D eigenvalue weighted by molar-refractivity contribution is 6.30. The Hall–Kier alpha value is -2.50. The first-order chi connectivity index (χ1) is 13.0. The van der Waals surface area contributed by atoms with Crippen LogP contribution in [0.5, 0.6) is 0 Å². The van der Waals surface area contributed by atoms with Crippen LogP contribution in [-0.4, -0.2) is 47.1 Å². The number of anilines is 1. The molecule has 0 radical (unpaired) electrons. The van der Waals surface area contributed by atoms with Crippen molar-refractivity contribution in [3.63, 3.8) is 0 Å². The fourth-order valence-corrected chi connectivity index (χ4v) is 4.06. The molecule has 2 aromatic carbocycles. The molecule has 140 valence electrons. The van der Waals surface area contributed by atoms with Crippen molar-refractivity contribution in [1.82, 2.24) is 9.88 Å². The predicted molar refractivity (Wildman–Crippen MR) is 109 cm³/mol. The van der Waals surface area contributed by atoms with Crippen LogP contribution in [-0.2, 0) is 4.79 Å². The van der Waals surface area contributed by atoms with Gasteiger partial charge >= 0.3 is 5.97 Å². The first-order valence-corrected chi connectivity index (χ1v) is 9.46. The summed E-state index contributed by atoms with van der Waals surface area (Å²) in [4.78, 5) is 19.7. The van der Waals surface area contributed by atoms with E-state index < -0.39 is 12.0 Å². The number of H-pyrrole nitrogens is 1. The molecule has 0 spiro atoms. The second kappa shape index (κ2) is 7.25. The number of carboxylic acid groups (broad SMARTS) is 1. The first kappa shape index (κ1) is 17.9. The van der Waals surface area contributed by atoms with Crippen molar-refractivity contribution in [2.24, 2.45) is 0 Å². The lowest BCUT2D eigenvalue weighted by molar-refractivity contribution is -0.143. The average Bonchev–Trinajstić information content (AvgIpc) is 3.05. The zero-order chi connectivity index (χ0) is 19.0. The van der Waals surface area contributed by atoms with Gasteiger partial charge in [0.1, 0.15) is 6.04 Å². The average molecular weight is 384 g/mol. The standard InChI is InChI=1S/C21H22ClN3O2/c1-14-5-6-19-17(11-14)18(13-23-19)20(21(26)27)25-9-7-24(8-10-25)16-4-2-3-15(22)12-16/h2-6,11-13,20,23H,7-10H2,1H3,(H,26,27)/t20-/m1/s1. The lowest BCUT2D eigenvalue weighted by Crippen LogP contribution is -2.49. The van der Waals surface area contributed by atoms with E-state index in [2.05, 4.69) is 16.0 Å². The Kier molecular flexibility index (Phi) is 4.81. The van der Waals surface area contributed by atoms with E-state index in [-0.39, 0.29) is 0 Å². The molecule has 1 aromatic heterocycles. The quantitative estimate of drug-likeness (QED) is 0.712. The van der Waals surface area contributed by atoms with E-state index in [1.54, 1.807) is 0 Å². The summed E-state index contributed by atoms with van der Waals surface area (Å²) in [7, 11) is 0. The number of rotatable bonds is 4. The highest BCUT2D eigenvalue weighted by Gasteiger charge is 2.32. The van der Waals surface area contributed by atoms with Crippen LogP contribution in [0.1, 0.15) is 17.2 Å². The highest BCUT2D eigenvalue weighted by atomic mass is 35.5. The number of aryl methyl sites for hydroxylation is 1. The zero-order valence-corrected chi connectivity index (χ0v) is 15.9. The molecule has 1 aliphatic rings. The number of benzene rings is 2. The van der Waals surface area contributed by atoms with Gasteiger partial charge in [0.15, 0.2) is 0 Å². The molecule has 1 fully saturated rings. The highest BCUT2D eigenvalue weighted by Crippen LogP contribution is 2.31. The minimum atomic E-state index is -0.811. The number of aromatic nitrogens is 1. The number of halogens is 1. The molecule has 0 aliphatic carbocycles. The molecule has 1 aliphatic heterocycles. The van der Waals surface area contributed by atoms with Gasteiger partial charge in [-0.05, 0) is 37.3 Å². The van der Waals surface area contributed by atoms with Gasteiger partial charge in [-0.25, -0.2) is 0 Å². The van der Waals surface area contributed by atoms with E-state index in [1.807, 2.05) is 54.4 Å². The van der Waals surface area contributed by atoms with Crippen molar-refractivity contribution in [2.75, 3.05) is 31.1 Å². The minimum absolute atomic E-state index is 0.651. The molecule has 0 saturated carbocycles. The molecule has 6 heteroatoms. The van der Waals surface area contributed by atoms with Crippen LogP contribution < -0.4 is 4.90 Å². The molecule has 27 heavy (non-hydrogen) atoms. The van der Waals surface area contributed by atoms with Gasteiger partial charge in [0, 0.05) is 59.6 Å². The number of carbonyl (C=O) groups is 1.